The van der Waals surface area contributed by atoms with Gasteiger partial charge in [0.25, 0.3) is 23.4 Å². The number of carbonyl (C=O) groups is 4. The molecule has 4 aliphatic heterocycles. The summed E-state index contributed by atoms with van der Waals surface area (Å²) in [5.41, 5.74) is 10.5. The Balaban J connectivity index is 0.000000161. The topological polar surface area (TPSA) is 136 Å². The molecule has 4 aromatic carbocycles. The predicted octanol–water partition coefficient (Wildman–Crippen LogP) is 4.20. The number of hydrogen-bond acceptors (Lipinski definition) is 8. The quantitative estimate of drug-likeness (QED) is 0.304. The van der Waals surface area contributed by atoms with E-state index in [2.05, 4.69) is 39.6 Å². The van der Waals surface area contributed by atoms with Gasteiger partial charge in [0, 0.05) is 40.3 Å². The maximum absolute atomic E-state index is 12.3. The zero-order valence-corrected chi connectivity index (χ0v) is 29.1. The minimum Gasteiger partial charge on any atom is -0.318 e. The number of carbonyl (C=O) groups excluding carboxylic acids is 4. The van der Waals surface area contributed by atoms with E-state index in [1.54, 1.807) is 30.3 Å². The summed E-state index contributed by atoms with van der Waals surface area (Å²) in [6.07, 6.45) is 1.71. The molecule has 0 atom stereocenters. The maximum atomic E-state index is 12.3. The molecule has 0 spiro atoms. The molecule has 256 valence electrons. The largest absolute Gasteiger partial charge is 0.318 e. The lowest BCUT2D eigenvalue weighted by molar-refractivity contribution is -0.112. The third-order valence-electron chi connectivity index (χ3n) is 9.85. The van der Waals surface area contributed by atoms with Crippen LogP contribution in [0.4, 0.5) is 11.4 Å². The Hall–Kier alpha value is -5.01. The van der Waals surface area contributed by atoms with Crippen molar-refractivity contribution in [3.05, 3.63) is 100 Å². The molecule has 4 aliphatic rings. The van der Waals surface area contributed by atoms with Crippen LogP contribution in [0.2, 0.25) is 0 Å². The van der Waals surface area contributed by atoms with Crippen LogP contribution in [0, 0.1) is 0 Å². The predicted molar refractivity (Wildman–Crippen MR) is 191 cm³/mol. The lowest BCUT2D eigenvalue weighted by Gasteiger charge is -2.29. The fourth-order valence-corrected chi connectivity index (χ4v) is 8.06. The summed E-state index contributed by atoms with van der Waals surface area (Å²) in [4.78, 5) is 52.7. The van der Waals surface area contributed by atoms with Gasteiger partial charge in [-0.05, 0) is 95.7 Å². The van der Waals surface area contributed by atoms with Gasteiger partial charge in [0.2, 0.25) is 10.0 Å². The molecule has 12 heteroatoms. The van der Waals surface area contributed by atoms with Crippen molar-refractivity contribution in [2.24, 2.45) is 0 Å². The van der Waals surface area contributed by atoms with Gasteiger partial charge in [-0.2, -0.15) is 0 Å². The average Bonchev–Trinajstić information content (AvgIpc) is 3.57. The van der Waals surface area contributed by atoms with Crippen LogP contribution in [0.3, 0.4) is 0 Å². The molecule has 8 rings (SSSR count). The molecule has 2 N–H and O–H groups in total. The molecule has 4 aromatic rings. The van der Waals surface area contributed by atoms with Crippen molar-refractivity contribution in [1.29, 1.82) is 0 Å². The van der Waals surface area contributed by atoms with Crippen molar-refractivity contribution in [3.63, 3.8) is 0 Å². The Bertz CT molecular complexity index is 2210. The number of nitrogens with one attached hydrogen (secondary N) is 2. The first-order valence-corrected chi connectivity index (χ1v) is 17.8. The SMILES string of the molecule is CN1CCc2c(-c3ccc(S(=O)(=O)N(C)C)cc3)cc3c(c2C1)NC(=O)C3=O.CN1CCc2c(-c3ccccc3)cc3c(c2C1)NC(=O)C3=O. The smallest absolute Gasteiger partial charge is 0.296 e. The number of rotatable bonds is 4. The number of fused-ring (bicyclic) bond motifs is 6. The van der Waals surface area contributed by atoms with Crippen molar-refractivity contribution in [2.45, 2.75) is 30.8 Å². The van der Waals surface area contributed by atoms with Gasteiger partial charge in [0.1, 0.15) is 0 Å². The Morgan fingerprint density at radius 3 is 1.48 bits per heavy atom. The highest BCUT2D eigenvalue weighted by Crippen LogP contribution is 2.41. The van der Waals surface area contributed by atoms with E-state index >= 15 is 0 Å². The Kier molecular flexibility index (Phi) is 8.51. The highest BCUT2D eigenvalue weighted by Gasteiger charge is 2.35. The summed E-state index contributed by atoms with van der Waals surface area (Å²) >= 11 is 0. The zero-order valence-electron chi connectivity index (χ0n) is 28.3. The molecule has 4 heterocycles. The summed E-state index contributed by atoms with van der Waals surface area (Å²) in [7, 11) is 3.54. The molecule has 0 saturated carbocycles. The van der Waals surface area contributed by atoms with E-state index in [0.29, 0.717) is 23.4 Å². The van der Waals surface area contributed by atoms with Crippen LogP contribution in [0.15, 0.2) is 71.6 Å². The normalized spacial score (nSPS) is 17.0. The first-order chi connectivity index (χ1) is 23.8. The first-order valence-electron chi connectivity index (χ1n) is 16.4. The van der Waals surface area contributed by atoms with Crippen molar-refractivity contribution >= 4 is 44.8 Å². The summed E-state index contributed by atoms with van der Waals surface area (Å²) in [5, 5.41) is 5.48. The number of benzene rings is 4. The molecule has 0 bridgehead atoms. The fourth-order valence-electron chi connectivity index (χ4n) is 7.16. The van der Waals surface area contributed by atoms with Gasteiger partial charge >= 0.3 is 0 Å². The Morgan fingerprint density at radius 1 is 0.600 bits per heavy atom. The van der Waals surface area contributed by atoms with Crippen LogP contribution in [-0.4, -0.2) is 87.2 Å². The number of hydrogen-bond donors (Lipinski definition) is 2. The fraction of sp³-hybridized carbons (Fsp3) is 0.263. The molecule has 0 aliphatic carbocycles. The van der Waals surface area contributed by atoms with E-state index in [4.69, 9.17) is 0 Å². The second-order valence-electron chi connectivity index (χ2n) is 13.3. The third-order valence-corrected chi connectivity index (χ3v) is 11.7. The Morgan fingerprint density at radius 2 is 1.04 bits per heavy atom. The van der Waals surface area contributed by atoms with E-state index in [-0.39, 0.29) is 4.90 Å². The van der Waals surface area contributed by atoms with Gasteiger partial charge < -0.3 is 20.4 Å². The van der Waals surface area contributed by atoms with E-state index in [9.17, 15) is 27.6 Å². The first kappa shape index (κ1) is 33.5. The number of Topliss-reactive ketones (excluding diaryl/α,β-unsaturated/α-hetero) is 2. The average molecular weight is 692 g/mol. The van der Waals surface area contributed by atoms with Crippen molar-refractivity contribution in [2.75, 3.05) is 51.9 Å². The maximum Gasteiger partial charge on any atom is 0.296 e. The van der Waals surface area contributed by atoms with Gasteiger partial charge in [0.05, 0.1) is 27.4 Å². The van der Waals surface area contributed by atoms with Crippen LogP contribution >= 0.6 is 0 Å². The highest BCUT2D eigenvalue weighted by molar-refractivity contribution is 7.89. The lowest BCUT2D eigenvalue weighted by atomic mass is 9.87. The molecule has 0 radical (unpaired) electrons. The third kappa shape index (κ3) is 5.73. The number of nitrogens with zero attached hydrogens (tertiary/aromatic N) is 3. The minimum absolute atomic E-state index is 0.212. The molecular weight excluding hydrogens is 655 g/mol. The summed E-state index contributed by atoms with van der Waals surface area (Å²) in [6.45, 7) is 3.25. The molecule has 2 amide bonds. The summed E-state index contributed by atoms with van der Waals surface area (Å²) in [5.74, 6) is -2.08. The van der Waals surface area contributed by atoms with Crippen LogP contribution in [0.25, 0.3) is 22.3 Å². The van der Waals surface area contributed by atoms with Crippen molar-refractivity contribution in [3.8, 4) is 22.3 Å². The molecular formula is C38H37N5O6S. The van der Waals surface area contributed by atoms with Gasteiger partial charge in [-0.3, -0.25) is 19.2 Å². The van der Waals surface area contributed by atoms with Crippen LogP contribution < -0.4 is 10.6 Å². The summed E-state index contributed by atoms with van der Waals surface area (Å²) < 4.78 is 25.8. The van der Waals surface area contributed by atoms with Crippen molar-refractivity contribution in [1.82, 2.24) is 14.1 Å². The van der Waals surface area contributed by atoms with Gasteiger partial charge in [-0.1, -0.05) is 42.5 Å². The molecule has 50 heavy (non-hydrogen) atoms. The number of ketones is 2. The van der Waals surface area contributed by atoms with E-state index < -0.39 is 33.4 Å². The number of sulfonamides is 1. The van der Waals surface area contributed by atoms with E-state index in [1.165, 1.54) is 24.0 Å². The standard InChI is InChI=1S/C20H21N3O4S.C18H16N2O2/c1-22(2)28(26,27)13-6-4-12(5-7-13)15-10-16-18(21-20(25)19(16)24)17-11-23(3)9-8-14(15)17;1-20-8-7-12-13(11-5-3-2-4-6-11)9-14-16(15(12)10-20)19-18(22)17(14)21/h4-7,10H,8-9,11H2,1-3H3,(H,21,24,25);2-6,9H,7-8,10H2,1H3,(H,19,21,22). The van der Waals surface area contributed by atoms with Gasteiger partial charge in [0.15, 0.2) is 0 Å². The number of anilines is 2. The van der Waals surface area contributed by atoms with Gasteiger partial charge in [-0.15, -0.1) is 0 Å². The van der Waals surface area contributed by atoms with Gasteiger partial charge in [-0.25, -0.2) is 12.7 Å². The molecule has 0 unspecified atom stereocenters. The molecule has 0 aromatic heterocycles. The van der Waals surface area contributed by atoms with Crippen LogP contribution in [0.5, 0.6) is 0 Å². The van der Waals surface area contributed by atoms with Crippen LogP contribution in [0.1, 0.15) is 43.0 Å². The van der Waals surface area contributed by atoms with E-state index in [1.807, 2.05) is 31.3 Å². The molecule has 0 fully saturated rings. The lowest BCUT2D eigenvalue weighted by Crippen LogP contribution is -2.27. The Labute approximate surface area is 290 Å². The highest BCUT2D eigenvalue weighted by atomic mass is 32.2. The zero-order chi connectivity index (χ0) is 35.5. The summed E-state index contributed by atoms with van der Waals surface area (Å²) in [6, 6.07) is 20.4. The second kappa shape index (κ2) is 12.7. The number of amides is 2. The second-order valence-corrected chi connectivity index (χ2v) is 15.5. The molecule has 11 nitrogen and oxygen atoms in total. The number of likely N-dealkylation sites (N-methyl/N-ethyl adjacent to an activating group) is 2. The van der Waals surface area contributed by atoms with E-state index in [0.717, 1.165) is 77.1 Å². The minimum atomic E-state index is -3.51. The van der Waals surface area contributed by atoms with Crippen LogP contribution in [-0.2, 0) is 45.5 Å². The molecule has 0 saturated heterocycles. The monoisotopic (exact) mass is 691 g/mol. The van der Waals surface area contributed by atoms with Crippen molar-refractivity contribution < 1.29 is 27.6 Å².